The Morgan fingerprint density at radius 1 is 0.290 bits per heavy atom. The maximum absolute atomic E-state index is 12.9. The fraction of sp³-hybridized carbons (Fsp3) is 0.825. The lowest BCUT2D eigenvalue weighted by atomic mass is 10.0. The molecule has 1 atom stereocenters. The molecule has 6 heteroatoms. The first-order valence-electron chi connectivity index (χ1n) is 30.1. The van der Waals surface area contributed by atoms with Crippen molar-refractivity contribution in [2.45, 2.75) is 322 Å². The molecule has 0 spiro atoms. The number of ether oxygens (including phenoxy) is 3. The number of carbonyl (C=O) groups is 3. The zero-order chi connectivity index (χ0) is 50.0. The van der Waals surface area contributed by atoms with Crippen molar-refractivity contribution in [2.24, 2.45) is 0 Å². The molecule has 0 heterocycles. The van der Waals surface area contributed by atoms with Crippen molar-refractivity contribution in [3.8, 4) is 0 Å². The lowest BCUT2D eigenvalue weighted by molar-refractivity contribution is -0.167. The van der Waals surface area contributed by atoms with Crippen molar-refractivity contribution in [3.63, 3.8) is 0 Å². The molecule has 0 N–H and O–H groups in total. The highest BCUT2D eigenvalue weighted by Gasteiger charge is 2.19. The van der Waals surface area contributed by atoms with E-state index >= 15 is 0 Å². The largest absolute Gasteiger partial charge is 0.462 e. The third kappa shape index (κ3) is 56.2. The molecular formula is C63H114O6. The molecule has 0 aliphatic heterocycles. The molecule has 0 saturated heterocycles. The lowest BCUT2D eigenvalue weighted by Crippen LogP contribution is -2.30. The van der Waals surface area contributed by atoms with Crippen LogP contribution in [-0.4, -0.2) is 37.2 Å². The molecule has 69 heavy (non-hydrogen) atoms. The molecule has 0 amide bonds. The number of unbranched alkanes of at least 4 members (excludes halogenated alkanes) is 36. The van der Waals surface area contributed by atoms with Crippen LogP contribution >= 0.6 is 0 Å². The summed E-state index contributed by atoms with van der Waals surface area (Å²) in [4.78, 5) is 38.2. The standard InChI is InChI=1S/C63H114O6/c1-4-7-10-13-16-19-22-25-28-30-32-35-38-41-44-47-50-53-56-62(65)68-59-60(58-67-61(64)55-52-49-46-43-40-37-34-27-24-21-18-15-12-9-6-3)69-63(66)57-54-51-48-45-42-39-36-33-31-29-26-23-20-17-14-11-8-5-2/h19-20,22-23,28-31,60H,4-18,21,24-27,32-59H2,1-3H3/b22-19-,23-20-,30-28-,31-29-. The molecule has 0 saturated carbocycles. The van der Waals surface area contributed by atoms with Gasteiger partial charge in [0, 0.05) is 19.3 Å². The van der Waals surface area contributed by atoms with Gasteiger partial charge in [-0.25, -0.2) is 0 Å². The Balaban J connectivity index is 4.38. The van der Waals surface area contributed by atoms with E-state index in [0.29, 0.717) is 19.3 Å². The van der Waals surface area contributed by atoms with Crippen LogP contribution < -0.4 is 0 Å². The number of allylic oxidation sites excluding steroid dienone is 8. The van der Waals surface area contributed by atoms with Crippen molar-refractivity contribution in [2.75, 3.05) is 13.2 Å². The summed E-state index contributed by atoms with van der Waals surface area (Å²) >= 11 is 0. The van der Waals surface area contributed by atoms with Crippen LogP contribution in [0.1, 0.15) is 316 Å². The second-order valence-corrected chi connectivity index (χ2v) is 20.3. The van der Waals surface area contributed by atoms with E-state index in [2.05, 4.69) is 69.4 Å². The Morgan fingerprint density at radius 3 is 0.812 bits per heavy atom. The molecule has 6 nitrogen and oxygen atoms in total. The number of rotatable bonds is 55. The highest BCUT2D eigenvalue weighted by molar-refractivity contribution is 5.71. The Hall–Kier alpha value is -2.63. The average molecular weight is 968 g/mol. The third-order valence-electron chi connectivity index (χ3n) is 13.3. The van der Waals surface area contributed by atoms with Crippen LogP contribution in [0.3, 0.4) is 0 Å². The summed E-state index contributed by atoms with van der Waals surface area (Å²) in [5, 5.41) is 0. The third-order valence-corrected chi connectivity index (χ3v) is 13.3. The van der Waals surface area contributed by atoms with Crippen molar-refractivity contribution in [1.29, 1.82) is 0 Å². The van der Waals surface area contributed by atoms with E-state index in [1.165, 1.54) is 193 Å². The summed E-state index contributed by atoms with van der Waals surface area (Å²) in [6.45, 7) is 6.64. The van der Waals surface area contributed by atoms with Gasteiger partial charge in [-0.1, -0.05) is 262 Å². The summed E-state index contributed by atoms with van der Waals surface area (Å²) in [7, 11) is 0. The van der Waals surface area contributed by atoms with Gasteiger partial charge in [-0.05, 0) is 83.5 Å². The molecule has 0 aliphatic rings. The highest BCUT2D eigenvalue weighted by Crippen LogP contribution is 2.16. The molecule has 0 rings (SSSR count). The summed E-state index contributed by atoms with van der Waals surface area (Å²) in [5.74, 6) is -0.874. The van der Waals surface area contributed by atoms with Crippen LogP contribution in [-0.2, 0) is 28.6 Å². The monoisotopic (exact) mass is 967 g/mol. The van der Waals surface area contributed by atoms with Crippen molar-refractivity contribution >= 4 is 17.9 Å². The minimum absolute atomic E-state index is 0.0758. The second-order valence-electron chi connectivity index (χ2n) is 20.3. The van der Waals surface area contributed by atoms with Crippen molar-refractivity contribution in [3.05, 3.63) is 48.6 Å². The zero-order valence-corrected chi connectivity index (χ0v) is 46.1. The predicted octanol–water partition coefficient (Wildman–Crippen LogP) is 20.2. The van der Waals surface area contributed by atoms with Crippen LogP contribution in [0, 0.1) is 0 Å². The van der Waals surface area contributed by atoms with Gasteiger partial charge in [0.1, 0.15) is 13.2 Å². The van der Waals surface area contributed by atoms with Gasteiger partial charge in [-0.15, -0.1) is 0 Å². The predicted molar refractivity (Wildman–Crippen MR) is 298 cm³/mol. The van der Waals surface area contributed by atoms with Gasteiger partial charge in [0.2, 0.25) is 0 Å². The Labute approximate surface area is 428 Å². The van der Waals surface area contributed by atoms with Crippen molar-refractivity contribution < 1.29 is 28.6 Å². The Bertz CT molecular complexity index is 1200. The SMILES string of the molecule is CCCCCC/C=C\C/C=C\CCCCCCCCCC(=O)OCC(COC(=O)CCCCCCCCCCCCCCCCC)OC(=O)CCCCCCCCC/C=C\C/C=C\CCCCCC. The fourth-order valence-electron chi connectivity index (χ4n) is 8.74. The summed E-state index contributed by atoms with van der Waals surface area (Å²) in [6.07, 6.45) is 70.9. The normalized spacial score (nSPS) is 12.3. The minimum Gasteiger partial charge on any atom is -0.462 e. The van der Waals surface area contributed by atoms with Crippen LogP contribution in [0.15, 0.2) is 48.6 Å². The first-order valence-corrected chi connectivity index (χ1v) is 30.1. The van der Waals surface area contributed by atoms with E-state index < -0.39 is 6.10 Å². The Morgan fingerprint density at radius 2 is 0.522 bits per heavy atom. The summed E-state index contributed by atoms with van der Waals surface area (Å²) in [5.41, 5.74) is 0. The van der Waals surface area contributed by atoms with Gasteiger partial charge in [0.15, 0.2) is 6.10 Å². The minimum atomic E-state index is -0.779. The van der Waals surface area contributed by atoms with E-state index in [1.54, 1.807) is 0 Å². The van der Waals surface area contributed by atoms with Gasteiger partial charge >= 0.3 is 17.9 Å². The number of carbonyl (C=O) groups excluding carboxylic acids is 3. The average Bonchev–Trinajstić information content (AvgIpc) is 3.35. The molecular weight excluding hydrogens is 853 g/mol. The van der Waals surface area contributed by atoms with E-state index in [9.17, 15) is 14.4 Å². The summed E-state index contributed by atoms with van der Waals surface area (Å²) in [6, 6.07) is 0. The first kappa shape index (κ1) is 66.4. The van der Waals surface area contributed by atoms with E-state index in [4.69, 9.17) is 14.2 Å². The smallest absolute Gasteiger partial charge is 0.306 e. The molecule has 0 bridgehead atoms. The molecule has 0 aromatic carbocycles. The molecule has 0 aromatic heterocycles. The van der Waals surface area contributed by atoms with E-state index in [1.807, 2.05) is 0 Å². The Kier molecular flexibility index (Phi) is 55.7. The van der Waals surface area contributed by atoms with Crippen LogP contribution in [0.25, 0.3) is 0 Å². The van der Waals surface area contributed by atoms with Gasteiger partial charge in [-0.2, -0.15) is 0 Å². The molecule has 1 unspecified atom stereocenters. The van der Waals surface area contributed by atoms with Gasteiger partial charge < -0.3 is 14.2 Å². The quantitative estimate of drug-likeness (QED) is 0.0262. The lowest BCUT2D eigenvalue weighted by Gasteiger charge is -2.18. The van der Waals surface area contributed by atoms with E-state index in [-0.39, 0.29) is 31.1 Å². The van der Waals surface area contributed by atoms with Gasteiger partial charge in [0.25, 0.3) is 0 Å². The molecule has 402 valence electrons. The second kappa shape index (κ2) is 57.9. The molecule has 0 aromatic rings. The zero-order valence-electron chi connectivity index (χ0n) is 46.1. The van der Waals surface area contributed by atoms with Crippen LogP contribution in [0.4, 0.5) is 0 Å². The molecule has 0 fully saturated rings. The summed E-state index contributed by atoms with van der Waals surface area (Å²) < 4.78 is 16.9. The number of esters is 3. The molecule has 0 aliphatic carbocycles. The molecule has 0 radical (unpaired) electrons. The van der Waals surface area contributed by atoms with Gasteiger partial charge in [0.05, 0.1) is 0 Å². The first-order chi connectivity index (χ1) is 34.0. The van der Waals surface area contributed by atoms with E-state index in [0.717, 1.165) is 83.5 Å². The van der Waals surface area contributed by atoms with Crippen LogP contribution in [0.2, 0.25) is 0 Å². The van der Waals surface area contributed by atoms with Crippen molar-refractivity contribution in [1.82, 2.24) is 0 Å². The maximum atomic E-state index is 12.9. The van der Waals surface area contributed by atoms with Crippen LogP contribution in [0.5, 0.6) is 0 Å². The maximum Gasteiger partial charge on any atom is 0.306 e. The number of hydrogen-bond acceptors (Lipinski definition) is 6. The highest BCUT2D eigenvalue weighted by atomic mass is 16.6. The number of hydrogen-bond donors (Lipinski definition) is 0. The topological polar surface area (TPSA) is 78.9 Å². The van der Waals surface area contributed by atoms with Gasteiger partial charge in [-0.3, -0.25) is 14.4 Å². The fourth-order valence-corrected chi connectivity index (χ4v) is 8.74.